The van der Waals surface area contributed by atoms with E-state index in [1.54, 1.807) is 12.1 Å². The van der Waals surface area contributed by atoms with Crippen LogP contribution in [0.1, 0.15) is 19.8 Å². The summed E-state index contributed by atoms with van der Waals surface area (Å²) in [5.74, 6) is -0.0927. The number of carbonyl (C=O) groups excluding carboxylic acids is 1. The second-order valence-electron chi connectivity index (χ2n) is 8.25. The molecule has 0 aliphatic carbocycles. The molecule has 0 unspecified atom stereocenters. The number of amides is 1. The Morgan fingerprint density at radius 2 is 1.87 bits per heavy atom. The van der Waals surface area contributed by atoms with Crippen LogP contribution in [0.2, 0.25) is 0 Å². The minimum Gasteiger partial charge on any atom is -0.379 e. The van der Waals surface area contributed by atoms with Crippen molar-refractivity contribution in [2.24, 2.45) is 5.92 Å². The minimum absolute atomic E-state index is 0.0348. The van der Waals surface area contributed by atoms with Crippen LogP contribution in [0.4, 0.5) is 0 Å². The first-order valence-corrected chi connectivity index (χ1v) is 12.6. The van der Waals surface area contributed by atoms with Gasteiger partial charge in [0, 0.05) is 68.8 Å². The molecule has 9 heteroatoms. The number of ether oxygens (including phenoxy) is 1. The quantitative estimate of drug-likeness (QED) is 0.694. The molecule has 2 aliphatic rings. The van der Waals surface area contributed by atoms with Crippen molar-refractivity contribution in [1.82, 2.24) is 19.1 Å². The smallest absolute Gasteiger partial charge is 0.243 e. The van der Waals surface area contributed by atoms with Crippen LogP contribution in [0.5, 0.6) is 0 Å². The van der Waals surface area contributed by atoms with Crippen molar-refractivity contribution >= 4 is 26.8 Å². The maximum absolute atomic E-state index is 13.1. The highest BCUT2D eigenvalue weighted by Gasteiger charge is 2.32. The molecule has 0 atom stereocenters. The van der Waals surface area contributed by atoms with Gasteiger partial charge in [-0.2, -0.15) is 4.31 Å². The van der Waals surface area contributed by atoms with Gasteiger partial charge in [-0.1, -0.05) is 0 Å². The summed E-state index contributed by atoms with van der Waals surface area (Å²) < 4.78 is 35.2. The van der Waals surface area contributed by atoms with E-state index in [4.69, 9.17) is 4.74 Å². The van der Waals surface area contributed by atoms with E-state index in [9.17, 15) is 13.2 Å². The summed E-state index contributed by atoms with van der Waals surface area (Å²) in [5, 5.41) is 3.95. The Morgan fingerprint density at radius 1 is 1.13 bits per heavy atom. The number of carbonyl (C=O) groups is 1. The fraction of sp³-hybridized carbons (Fsp3) is 0.591. The highest BCUT2D eigenvalue weighted by Crippen LogP contribution is 2.26. The maximum Gasteiger partial charge on any atom is 0.243 e. The number of nitrogens with one attached hydrogen (secondary N) is 1. The average molecular weight is 449 g/mol. The Kier molecular flexibility index (Phi) is 6.95. The van der Waals surface area contributed by atoms with Crippen molar-refractivity contribution < 1.29 is 17.9 Å². The molecule has 170 valence electrons. The summed E-state index contributed by atoms with van der Waals surface area (Å²) in [6, 6.07) is 7.27. The molecule has 31 heavy (non-hydrogen) atoms. The van der Waals surface area contributed by atoms with Crippen LogP contribution >= 0.6 is 0 Å². The Bertz CT molecular complexity index is 1010. The predicted octanol–water partition coefficient (Wildman–Crippen LogP) is 1.51. The Balaban J connectivity index is 1.30. The van der Waals surface area contributed by atoms with Crippen molar-refractivity contribution in [1.29, 1.82) is 0 Å². The van der Waals surface area contributed by atoms with Gasteiger partial charge in [0.15, 0.2) is 0 Å². The van der Waals surface area contributed by atoms with Crippen molar-refractivity contribution in [2.45, 2.75) is 31.2 Å². The number of piperidine rings is 1. The number of nitrogens with zero attached hydrogens (tertiary/aromatic N) is 3. The largest absolute Gasteiger partial charge is 0.379 e. The van der Waals surface area contributed by atoms with Crippen LogP contribution in [0.3, 0.4) is 0 Å². The molecule has 2 aromatic rings. The van der Waals surface area contributed by atoms with Crippen molar-refractivity contribution in [3.63, 3.8) is 0 Å². The van der Waals surface area contributed by atoms with Crippen molar-refractivity contribution in [2.75, 3.05) is 52.5 Å². The van der Waals surface area contributed by atoms with Gasteiger partial charge in [0.25, 0.3) is 0 Å². The molecule has 2 fully saturated rings. The van der Waals surface area contributed by atoms with E-state index in [-0.39, 0.29) is 11.8 Å². The second kappa shape index (κ2) is 9.68. The third kappa shape index (κ3) is 4.95. The standard InChI is InChI=1S/C22H32N4O4S/c1-2-25-9-5-19-17-20(3-4-21(19)25)31(28,29)26-10-6-18(7-11-26)22(27)23-8-12-24-13-15-30-16-14-24/h3-5,9,17-18H,2,6-8,10-16H2,1H3,(H,23,27). The first kappa shape index (κ1) is 22.3. The van der Waals surface area contributed by atoms with E-state index in [1.807, 2.05) is 18.3 Å². The van der Waals surface area contributed by atoms with Gasteiger partial charge in [-0.15, -0.1) is 0 Å². The summed E-state index contributed by atoms with van der Waals surface area (Å²) in [6.45, 7) is 8.40. The lowest BCUT2D eigenvalue weighted by Crippen LogP contribution is -2.45. The molecule has 3 heterocycles. The van der Waals surface area contributed by atoms with E-state index >= 15 is 0 Å². The fourth-order valence-corrected chi connectivity index (χ4v) is 5.93. The summed E-state index contributed by atoms with van der Waals surface area (Å²) in [7, 11) is -3.56. The lowest BCUT2D eigenvalue weighted by Gasteiger charge is -2.31. The highest BCUT2D eigenvalue weighted by atomic mass is 32.2. The van der Waals surface area contributed by atoms with Gasteiger partial charge in [-0.25, -0.2) is 8.42 Å². The number of fused-ring (bicyclic) bond motifs is 1. The number of aryl methyl sites for hydroxylation is 1. The van der Waals surface area contributed by atoms with Crippen LogP contribution in [-0.4, -0.2) is 80.6 Å². The molecule has 1 aromatic heterocycles. The van der Waals surface area contributed by atoms with Gasteiger partial charge >= 0.3 is 0 Å². The zero-order valence-electron chi connectivity index (χ0n) is 18.1. The lowest BCUT2D eigenvalue weighted by atomic mass is 9.97. The minimum atomic E-state index is -3.56. The third-order valence-electron chi connectivity index (χ3n) is 6.38. The van der Waals surface area contributed by atoms with Gasteiger partial charge in [-0.3, -0.25) is 9.69 Å². The summed E-state index contributed by atoms with van der Waals surface area (Å²) in [5.41, 5.74) is 1.04. The molecule has 1 amide bonds. The van der Waals surface area contributed by atoms with E-state index in [1.165, 1.54) is 4.31 Å². The molecule has 0 bridgehead atoms. The molecule has 2 aliphatic heterocycles. The van der Waals surface area contributed by atoms with Gasteiger partial charge in [0.2, 0.25) is 15.9 Å². The molecule has 0 saturated carbocycles. The molecule has 0 radical (unpaired) electrons. The number of aromatic nitrogens is 1. The number of benzene rings is 1. The first-order chi connectivity index (χ1) is 15.0. The topological polar surface area (TPSA) is 83.9 Å². The zero-order chi connectivity index (χ0) is 21.8. The number of hydrogen-bond donors (Lipinski definition) is 1. The summed E-state index contributed by atoms with van der Waals surface area (Å²) in [6.07, 6.45) is 3.08. The number of sulfonamides is 1. The molecule has 2 saturated heterocycles. The average Bonchev–Trinajstić information content (AvgIpc) is 3.22. The van der Waals surface area contributed by atoms with E-state index in [0.29, 0.717) is 37.4 Å². The second-order valence-corrected chi connectivity index (χ2v) is 10.2. The van der Waals surface area contributed by atoms with Gasteiger partial charge in [0.1, 0.15) is 0 Å². The van der Waals surface area contributed by atoms with Crippen LogP contribution in [0, 0.1) is 5.92 Å². The van der Waals surface area contributed by atoms with E-state index < -0.39 is 10.0 Å². The Labute approximate surface area is 184 Å². The number of morpholine rings is 1. The Morgan fingerprint density at radius 3 is 2.58 bits per heavy atom. The van der Waals surface area contributed by atoms with Crippen molar-refractivity contribution in [3.8, 4) is 0 Å². The SMILES string of the molecule is CCn1ccc2cc(S(=O)(=O)N3CCC(C(=O)NCCN4CCOCC4)CC3)ccc21. The number of rotatable bonds is 7. The molecule has 1 aromatic carbocycles. The molecular weight excluding hydrogens is 416 g/mol. The first-order valence-electron chi connectivity index (χ1n) is 11.2. The van der Waals surface area contributed by atoms with E-state index in [2.05, 4.69) is 21.7 Å². The zero-order valence-corrected chi connectivity index (χ0v) is 18.9. The third-order valence-corrected chi connectivity index (χ3v) is 8.27. The normalized spacial score (nSPS) is 19.6. The molecular formula is C22H32N4O4S. The van der Waals surface area contributed by atoms with Crippen LogP contribution in [0.15, 0.2) is 35.4 Å². The van der Waals surface area contributed by atoms with Crippen LogP contribution in [0.25, 0.3) is 10.9 Å². The molecule has 8 nitrogen and oxygen atoms in total. The summed E-state index contributed by atoms with van der Waals surface area (Å²) in [4.78, 5) is 15.1. The number of hydrogen-bond acceptors (Lipinski definition) is 5. The maximum atomic E-state index is 13.1. The van der Waals surface area contributed by atoms with Crippen LogP contribution in [-0.2, 0) is 26.1 Å². The van der Waals surface area contributed by atoms with E-state index in [0.717, 1.165) is 50.3 Å². The molecule has 1 N–H and O–H groups in total. The fourth-order valence-electron chi connectivity index (χ4n) is 4.43. The predicted molar refractivity (Wildman–Crippen MR) is 119 cm³/mol. The van der Waals surface area contributed by atoms with Gasteiger partial charge in [-0.05, 0) is 44.0 Å². The molecule has 4 rings (SSSR count). The summed E-state index contributed by atoms with van der Waals surface area (Å²) >= 11 is 0. The van der Waals surface area contributed by atoms with Gasteiger partial charge < -0.3 is 14.6 Å². The van der Waals surface area contributed by atoms with Crippen molar-refractivity contribution in [3.05, 3.63) is 30.5 Å². The Hall–Kier alpha value is -1.94. The highest BCUT2D eigenvalue weighted by molar-refractivity contribution is 7.89. The lowest BCUT2D eigenvalue weighted by molar-refractivity contribution is -0.126. The molecule has 0 spiro atoms. The van der Waals surface area contributed by atoms with Crippen LogP contribution < -0.4 is 5.32 Å². The van der Waals surface area contributed by atoms with Gasteiger partial charge in [0.05, 0.1) is 18.1 Å². The monoisotopic (exact) mass is 448 g/mol.